The quantitative estimate of drug-likeness (QED) is 0.657. The highest BCUT2D eigenvalue weighted by Gasteiger charge is 2.29. The molecule has 0 spiro atoms. The van der Waals surface area contributed by atoms with Gasteiger partial charge in [-0.3, -0.25) is 4.79 Å². The maximum Gasteiger partial charge on any atom is 0.320 e. The first-order valence-electron chi connectivity index (χ1n) is 11.3. The van der Waals surface area contributed by atoms with Gasteiger partial charge in [0.05, 0.1) is 0 Å². The Morgan fingerprint density at radius 2 is 1.69 bits per heavy atom. The largest absolute Gasteiger partial charge is 0.342 e. The van der Waals surface area contributed by atoms with Gasteiger partial charge in [-0.2, -0.15) is 0 Å². The molecule has 1 aromatic carbocycles. The Labute approximate surface area is 176 Å². The molecule has 1 aromatic rings. The standard InChI is InChI=1S/C24H37N3O2/c1-19(2)16-26-14-7-13-25(24(26)29)15-12-20(3)17-27-18-22(10-11-23(27)28)21-8-5-4-6-9-21/h4-6,8-9,19-20,22H,7,10-18H2,1-3H3. The van der Waals surface area contributed by atoms with Crippen LogP contribution in [0.5, 0.6) is 0 Å². The molecule has 2 unspecified atom stereocenters. The Hall–Kier alpha value is -2.04. The van der Waals surface area contributed by atoms with Gasteiger partial charge in [-0.1, -0.05) is 51.1 Å². The molecule has 5 heteroatoms. The van der Waals surface area contributed by atoms with Crippen molar-refractivity contribution in [3.05, 3.63) is 35.9 Å². The summed E-state index contributed by atoms with van der Waals surface area (Å²) in [6.45, 7) is 11.5. The van der Waals surface area contributed by atoms with Gasteiger partial charge in [0.25, 0.3) is 0 Å². The first kappa shape index (κ1) is 21.7. The van der Waals surface area contributed by atoms with Crippen molar-refractivity contribution in [1.82, 2.24) is 14.7 Å². The number of hydrogen-bond acceptors (Lipinski definition) is 2. The fourth-order valence-corrected chi connectivity index (χ4v) is 4.59. The summed E-state index contributed by atoms with van der Waals surface area (Å²) < 4.78 is 0. The maximum absolute atomic E-state index is 12.7. The van der Waals surface area contributed by atoms with E-state index in [1.807, 2.05) is 15.9 Å². The first-order valence-corrected chi connectivity index (χ1v) is 11.3. The van der Waals surface area contributed by atoms with Crippen LogP contribution < -0.4 is 0 Å². The van der Waals surface area contributed by atoms with E-state index in [0.29, 0.717) is 24.2 Å². The number of carbonyl (C=O) groups excluding carboxylic acids is 2. The summed E-state index contributed by atoms with van der Waals surface area (Å²) >= 11 is 0. The van der Waals surface area contributed by atoms with Crippen molar-refractivity contribution in [3.8, 4) is 0 Å². The minimum absolute atomic E-state index is 0.190. The van der Waals surface area contributed by atoms with E-state index in [1.165, 1.54) is 5.56 Å². The molecule has 0 bridgehead atoms. The monoisotopic (exact) mass is 399 g/mol. The second-order valence-electron chi connectivity index (χ2n) is 9.30. The summed E-state index contributed by atoms with van der Waals surface area (Å²) in [5, 5.41) is 0. The molecule has 160 valence electrons. The highest BCUT2D eigenvalue weighted by molar-refractivity contribution is 5.77. The van der Waals surface area contributed by atoms with Gasteiger partial charge in [-0.05, 0) is 36.7 Å². The summed E-state index contributed by atoms with van der Waals surface area (Å²) in [5.74, 6) is 1.61. The molecule has 0 aliphatic carbocycles. The Balaban J connectivity index is 1.48. The zero-order chi connectivity index (χ0) is 20.8. The molecule has 2 heterocycles. The molecule has 2 aliphatic heterocycles. The van der Waals surface area contributed by atoms with E-state index in [2.05, 4.69) is 49.9 Å². The van der Waals surface area contributed by atoms with Crippen LogP contribution in [0.2, 0.25) is 0 Å². The van der Waals surface area contributed by atoms with Crippen LogP contribution in [-0.4, -0.2) is 65.9 Å². The lowest BCUT2D eigenvalue weighted by atomic mass is 9.89. The molecule has 0 aromatic heterocycles. The highest BCUT2D eigenvalue weighted by atomic mass is 16.2. The molecule has 29 heavy (non-hydrogen) atoms. The van der Waals surface area contributed by atoms with Crippen LogP contribution in [0.4, 0.5) is 4.79 Å². The third-order valence-corrected chi connectivity index (χ3v) is 6.18. The third-order valence-electron chi connectivity index (χ3n) is 6.18. The van der Waals surface area contributed by atoms with Crippen molar-refractivity contribution in [2.24, 2.45) is 11.8 Å². The predicted octanol–water partition coefficient (Wildman–Crippen LogP) is 4.20. The van der Waals surface area contributed by atoms with Gasteiger partial charge in [-0.15, -0.1) is 0 Å². The van der Waals surface area contributed by atoms with Crippen LogP contribution in [-0.2, 0) is 4.79 Å². The SMILES string of the molecule is CC(C)CN1CCCN(CCC(C)CN2CC(c3ccccc3)CCC2=O)C1=O. The number of amides is 3. The molecule has 2 fully saturated rings. The maximum atomic E-state index is 12.7. The van der Waals surface area contributed by atoms with E-state index in [9.17, 15) is 9.59 Å². The molecular weight excluding hydrogens is 362 g/mol. The molecule has 0 saturated carbocycles. The molecule has 5 nitrogen and oxygen atoms in total. The minimum atomic E-state index is 0.190. The van der Waals surface area contributed by atoms with Gasteiger partial charge in [0.15, 0.2) is 0 Å². The van der Waals surface area contributed by atoms with Crippen molar-refractivity contribution in [1.29, 1.82) is 0 Å². The molecule has 2 atom stereocenters. The number of hydrogen-bond donors (Lipinski definition) is 0. The molecular formula is C24H37N3O2. The number of urea groups is 1. The van der Waals surface area contributed by atoms with Crippen molar-refractivity contribution < 1.29 is 9.59 Å². The first-order chi connectivity index (χ1) is 13.9. The summed E-state index contributed by atoms with van der Waals surface area (Å²) in [6, 6.07) is 10.7. The van der Waals surface area contributed by atoms with E-state index in [-0.39, 0.29) is 11.9 Å². The van der Waals surface area contributed by atoms with Crippen LogP contribution in [0.3, 0.4) is 0 Å². The number of rotatable bonds is 8. The van der Waals surface area contributed by atoms with Crippen molar-refractivity contribution >= 4 is 11.9 Å². The van der Waals surface area contributed by atoms with Crippen molar-refractivity contribution in [3.63, 3.8) is 0 Å². The van der Waals surface area contributed by atoms with Crippen molar-refractivity contribution in [2.75, 3.05) is 39.3 Å². The minimum Gasteiger partial charge on any atom is -0.342 e. The average Bonchev–Trinajstić information content (AvgIpc) is 2.70. The predicted molar refractivity (Wildman–Crippen MR) is 117 cm³/mol. The topological polar surface area (TPSA) is 43.9 Å². The van der Waals surface area contributed by atoms with Crippen LogP contribution in [0.1, 0.15) is 57.9 Å². The Kier molecular flexibility index (Phi) is 7.57. The van der Waals surface area contributed by atoms with E-state index < -0.39 is 0 Å². The highest BCUT2D eigenvalue weighted by Crippen LogP contribution is 2.28. The summed E-state index contributed by atoms with van der Waals surface area (Å²) in [6.07, 6.45) is 3.58. The fraction of sp³-hybridized carbons (Fsp3) is 0.667. The fourth-order valence-electron chi connectivity index (χ4n) is 4.59. The number of piperidine rings is 1. The van der Waals surface area contributed by atoms with Gasteiger partial charge >= 0.3 is 6.03 Å². The van der Waals surface area contributed by atoms with Crippen LogP contribution >= 0.6 is 0 Å². The molecule has 2 saturated heterocycles. The van der Waals surface area contributed by atoms with E-state index in [1.54, 1.807) is 0 Å². The van der Waals surface area contributed by atoms with Gasteiger partial charge in [-0.25, -0.2) is 4.79 Å². The van der Waals surface area contributed by atoms with Crippen LogP contribution in [0.25, 0.3) is 0 Å². The number of benzene rings is 1. The smallest absolute Gasteiger partial charge is 0.320 e. The summed E-state index contributed by atoms with van der Waals surface area (Å²) in [7, 11) is 0. The number of carbonyl (C=O) groups is 2. The van der Waals surface area contributed by atoms with Crippen LogP contribution in [0.15, 0.2) is 30.3 Å². The Morgan fingerprint density at radius 1 is 0.966 bits per heavy atom. The molecule has 3 amide bonds. The molecule has 0 N–H and O–H groups in total. The Bertz CT molecular complexity index is 676. The van der Waals surface area contributed by atoms with E-state index in [4.69, 9.17) is 0 Å². The summed E-state index contributed by atoms with van der Waals surface area (Å²) in [4.78, 5) is 31.2. The summed E-state index contributed by atoms with van der Waals surface area (Å²) in [5.41, 5.74) is 1.34. The Morgan fingerprint density at radius 3 is 2.41 bits per heavy atom. The number of likely N-dealkylation sites (tertiary alicyclic amines) is 1. The average molecular weight is 400 g/mol. The van der Waals surface area contributed by atoms with Gasteiger partial charge in [0, 0.05) is 51.6 Å². The van der Waals surface area contributed by atoms with Crippen molar-refractivity contribution in [2.45, 2.75) is 52.4 Å². The second-order valence-corrected chi connectivity index (χ2v) is 9.30. The second kappa shape index (κ2) is 10.1. The lowest BCUT2D eigenvalue weighted by molar-refractivity contribution is -0.134. The molecule has 3 rings (SSSR count). The zero-order valence-electron chi connectivity index (χ0n) is 18.3. The lowest BCUT2D eigenvalue weighted by Crippen LogP contribution is -2.51. The van der Waals surface area contributed by atoms with Gasteiger partial charge in [0.1, 0.15) is 0 Å². The molecule has 2 aliphatic rings. The number of nitrogens with zero attached hydrogens (tertiary/aromatic N) is 3. The van der Waals surface area contributed by atoms with E-state index in [0.717, 1.165) is 58.5 Å². The van der Waals surface area contributed by atoms with E-state index >= 15 is 0 Å². The van der Waals surface area contributed by atoms with Crippen LogP contribution in [0, 0.1) is 11.8 Å². The zero-order valence-corrected chi connectivity index (χ0v) is 18.3. The lowest BCUT2D eigenvalue weighted by Gasteiger charge is -2.38. The normalized spacial score (nSPS) is 21.8. The van der Waals surface area contributed by atoms with Gasteiger partial charge < -0.3 is 14.7 Å². The van der Waals surface area contributed by atoms with Gasteiger partial charge in [0.2, 0.25) is 5.91 Å². The third kappa shape index (κ3) is 5.97. The molecule has 0 radical (unpaired) electrons.